The highest BCUT2D eigenvalue weighted by Gasteiger charge is 2.15. The minimum atomic E-state index is -0.411. The van der Waals surface area contributed by atoms with Gasteiger partial charge in [-0.3, -0.25) is 10.2 Å². The summed E-state index contributed by atoms with van der Waals surface area (Å²) in [6.07, 6.45) is 1.62. The number of hydrogen-bond acceptors (Lipinski definition) is 5. The molecule has 0 aliphatic rings. The molecule has 0 atom stereocenters. The lowest BCUT2D eigenvalue weighted by Gasteiger charge is -2.03. The van der Waals surface area contributed by atoms with Gasteiger partial charge in [0.15, 0.2) is 0 Å². The van der Waals surface area contributed by atoms with Gasteiger partial charge in [-0.05, 0) is 17.0 Å². The Morgan fingerprint density at radius 2 is 2.14 bits per heavy atom. The number of amides is 1. The van der Waals surface area contributed by atoms with Crippen LogP contribution in [0.2, 0.25) is 0 Å². The quantitative estimate of drug-likeness (QED) is 0.635. The van der Waals surface area contributed by atoms with Crippen LogP contribution in [0.1, 0.15) is 16.0 Å². The van der Waals surface area contributed by atoms with E-state index in [1.165, 1.54) is 18.4 Å². The molecular formula is C15H15N3O2S. The average Bonchev–Trinajstić information content (AvgIpc) is 2.99. The minimum absolute atomic E-state index is 0.0573. The van der Waals surface area contributed by atoms with Crippen molar-refractivity contribution in [2.75, 3.05) is 7.05 Å². The second-order valence-electron chi connectivity index (χ2n) is 4.15. The average molecular weight is 301 g/mol. The Bertz CT molecular complexity index is 650. The van der Waals surface area contributed by atoms with Gasteiger partial charge in [-0.25, -0.2) is 0 Å². The molecule has 0 aliphatic carbocycles. The number of benzene rings is 1. The topological polar surface area (TPSA) is 74.5 Å². The zero-order valence-electron chi connectivity index (χ0n) is 11.5. The van der Waals surface area contributed by atoms with E-state index in [-0.39, 0.29) is 12.3 Å². The van der Waals surface area contributed by atoms with E-state index < -0.39 is 5.91 Å². The highest BCUT2D eigenvalue weighted by molar-refractivity contribution is 7.13. The van der Waals surface area contributed by atoms with E-state index in [1.54, 1.807) is 6.21 Å². The van der Waals surface area contributed by atoms with Crippen molar-refractivity contribution < 1.29 is 9.63 Å². The molecule has 0 bridgehead atoms. The van der Waals surface area contributed by atoms with Crippen LogP contribution in [0.4, 0.5) is 0 Å². The lowest BCUT2D eigenvalue weighted by atomic mass is 10.2. The van der Waals surface area contributed by atoms with Crippen molar-refractivity contribution in [3.63, 3.8) is 0 Å². The van der Waals surface area contributed by atoms with E-state index in [0.717, 1.165) is 11.1 Å². The van der Waals surface area contributed by atoms with Gasteiger partial charge in [0.05, 0.1) is 11.1 Å². The third-order valence-corrected chi connectivity index (χ3v) is 3.70. The van der Waals surface area contributed by atoms with Crippen LogP contribution in [0.5, 0.6) is 0 Å². The second kappa shape index (κ2) is 7.35. The van der Waals surface area contributed by atoms with Crippen LogP contribution in [0.3, 0.4) is 0 Å². The van der Waals surface area contributed by atoms with Crippen LogP contribution in [0.15, 0.2) is 46.9 Å². The molecule has 1 aromatic carbocycles. The van der Waals surface area contributed by atoms with Gasteiger partial charge in [0.1, 0.15) is 12.3 Å². The van der Waals surface area contributed by atoms with Crippen LogP contribution >= 0.6 is 11.3 Å². The first kappa shape index (κ1) is 14.9. The Labute approximate surface area is 126 Å². The van der Waals surface area contributed by atoms with Crippen LogP contribution in [0.25, 0.3) is 0 Å². The molecule has 0 saturated carbocycles. The molecule has 0 unspecified atom stereocenters. The maximum absolute atomic E-state index is 11.5. The summed E-state index contributed by atoms with van der Waals surface area (Å²) in [4.78, 5) is 17.3. The van der Waals surface area contributed by atoms with E-state index in [4.69, 9.17) is 10.2 Å². The number of nitrogens with zero attached hydrogens (tertiary/aromatic N) is 1. The number of carbonyl (C=O) groups excluding carboxylic acids is 1. The van der Waals surface area contributed by atoms with E-state index >= 15 is 0 Å². The molecule has 1 heterocycles. The molecule has 0 spiro atoms. The van der Waals surface area contributed by atoms with Crippen LogP contribution in [-0.4, -0.2) is 24.9 Å². The third-order valence-electron chi connectivity index (χ3n) is 2.72. The minimum Gasteiger partial charge on any atom is -0.391 e. The standard InChI is InChI=1S/C15H15N3O2S/c1-17-15(19)13(16)14-12(7-8-21-14)10-20-18-9-11-5-3-2-4-6-11/h2-9,16H,10H2,1H3,(H,17,19). The van der Waals surface area contributed by atoms with E-state index in [1.807, 2.05) is 41.8 Å². The van der Waals surface area contributed by atoms with E-state index in [0.29, 0.717) is 4.88 Å². The van der Waals surface area contributed by atoms with Gasteiger partial charge >= 0.3 is 0 Å². The van der Waals surface area contributed by atoms with Gasteiger partial charge in [0.25, 0.3) is 5.91 Å². The van der Waals surface area contributed by atoms with Gasteiger partial charge in [-0.1, -0.05) is 35.5 Å². The monoisotopic (exact) mass is 301 g/mol. The molecule has 108 valence electrons. The summed E-state index contributed by atoms with van der Waals surface area (Å²) in [6, 6.07) is 11.4. The van der Waals surface area contributed by atoms with Crippen LogP contribution in [-0.2, 0) is 16.2 Å². The largest absolute Gasteiger partial charge is 0.391 e. The summed E-state index contributed by atoms with van der Waals surface area (Å²) >= 11 is 1.34. The fourth-order valence-electron chi connectivity index (χ4n) is 1.64. The first-order chi connectivity index (χ1) is 10.2. The lowest BCUT2D eigenvalue weighted by molar-refractivity contribution is -0.114. The number of carbonyl (C=O) groups is 1. The number of hydrogen-bond donors (Lipinski definition) is 2. The first-order valence-electron chi connectivity index (χ1n) is 6.30. The van der Waals surface area contributed by atoms with Gasteiger partial charge in [0.2, 0.25) is 0 Å². The summed E-state index contributed by atoms with van der Waals surface area (Å²) in [5, 5.41) is 16.0. The number of nitrogens with one attached hydrogen (secondary N) is 2. The molecule has 0 saturated heterocycles. The smallest absolute Gasteiger partial charge is 0.270 e. The zero-order valence-corrected chi connectivity index (χ0v) is 12.3. The molecule has 6 heteroatoms. The van der Waals surface area contributed by atoms with Gasteiger partial charge in [0, 0.05) is 12.6 Å². The Hall–Kier alpha value is -2.47. The summed E-state index contributed by atoms with van der Waals surface area (Å²) in [5.74, 6) is -0.411. The predicted octanol–water partition coefficient (Wildman–Crippen LogP) is 2.41. The molecule has 1 aromatic heterocycles. The molecule has 0 fully saturated rings. The third kappa shape index (κ3) is 4.00. The Balaban J connectivity index is 1.96. The number of thiophene rings is 1. The predicted molar refractivity (Wildman–Crippen MR) is 84.0 cm³/mol. The summed E-state index contributed by atoms with van der Waals surface area (Å²) in [5.41, 5.74) is 1.66. The zero-order chi connectivity index (χ0) is 15.1. The molecule has 21 heavy (non-hydrogen) atoms. The normalized spacial score (nSPS) is 10.5. The van der Waals surface area contributed by atoms with Crippen molar-refractivity contribution in [2.45, 2.75) is 6.61 Å². The van der Waals surface area contributed by atoms with Gasteiger partial charge in [-0.2, -0.15) is 0 Å². The summed E-state index contributed by atoms with van der Waals surface area (Å²) in [7, 11) is 1.50. The van der Waals surface area contributed by atoms with Crippen molar-refractivity contribution in [3.05, 3.63) is 57.8 Å². The molecule has 5 nitrogen and oxygen atoms in total. The van der Waals surface area contributed by atoms with Crippen molar-refractivity contribution in [1.82, 2.24) is 5.32 Å². The number of likely N-dealkylation sites (N-methyl/N-ethyl adjacent to an activating group) is 1. The highest BCUT2D eigenvalue weighted by Crippen LogP contribution is 2.18. The number of rotatable bonds is 6. The Morgan fingerprint density at radius 3 is 2.86 bits per heavy atom. The fraction of sp³-hybridized carbons (Fsp3) is 0.133. The second-order valence-corrected chi connectivity index (χ2v) is 5.06. The highest BCUT2D eigenvalue weighted by atomic mass is 32.1. The van der Waals surface area contributed by atoms with Gasteiger partial charge < -0.3 is 10.2 Å². The van der Waals surface area contributed by atoms with E-state index in [2.05, 4.69) is 10.5 Å². The molecule has 2 rings (SSSR count). The van der Waals surface area contributed by atoms with Crippen LogP contribution in [0, 0.1) is 5.41 Å². The number of oxime groups is 1. The van der Waals surface area contributed by atoms with Crippen molar-refractivity contribution in [2.24, 2.45) is 5.16 Å². The summed E-state index contributed by atoms with van der Waals surface area (Å²) in [6.45, 7) is 0.224. The van der Waals surface area contributed by atoms with Crippen LogP contribution < -0.4 is 5.32 Å². The molecule has 2 N–H and O–H groups in total. The fourth-order valence-corrected chi connectivity index (χ4v) is 2.50. The van der Waals surface area contributed by atoms with Crippen molar-refractivity contribution in [3.8, 4) is 0 Å². The first-order valence-corrected chi connectivity index (χ1v) is 7.18. The van der Waals surface area contributed by atoms with Gasteiger partial charge in [-0.15, -0.1) is 11.3 Å². The summed E-state index contributed by atoms with van der Waals surface area (Å²) < 4.78 is 0. The Morgan fingerprint density at radius 1 is 1.38 bits per heavy atom. The maximum atomic E-state index is 11.5. The van der Waals surface area contributed by atoms with E-state index in [9.17, 15) is 4.79 Å². The molecular weight excluding hydrogens is 286 g/mol. The van der Waals surface area contributed by atoms with Crippen molar-refractivity contribution in [1.29, 1.82) is 5.41 Å². The Kier molecular flexibility index (Phi) is 5.22. The molecule has 0 radical (unpaired) electrons. The molecule has 1 amide bonds. The molecule has 0 aliphatic heterocycles. The molecule has 2 aromatic rings. The maximum Gasteiger partial charge on any atom is 0.270 e. The SMILES string of the molecule is CNC(=O)C(=N)c1sccc1CON=Cc1ccccc1. The van der Waals surface area contributed by atoms with Crippen molar-refractivity contribution >= 4 is 29.2 Å². The lowest BCUT2D eigenvalue weighted by Crippen LogP contribution is -2.27.